The summed E-state index contributed by atoms with van der Waals surface area (Å²) < 4.78 is 0. The number of pyridine rings is 1. The van der Waals surface area contributed by atoms with Crippen LogP contribution >= 0.6 is 11.6 Å². The van der Waals surface area contributed by atoms with Crippen LogP contribution in [0.1, 0.15) is 90.7 Å². The number of nitrogens with one attached hydrogen (secondary N) is 2. The molecule has 4 fully saturated rings. The largest absolute Gasteiger partial charge is 0.362 e. The first-order chi connectivity index (χ1) is 31.0. The molecule has 0 saturated carbocycles. The lowest BCUT2D eigenvalue weighted by atomic mass is 9.91. The summed E-state index contributed by atoms with van der Waals surface area (Å²) in [6.45, 7) is 13.3. The number of fused-ring (bicyclic) bond motifs is 1. The number of nitrogens with zero attached hydrogens (tertiary/aromatic N) is 9. The van der Waals surface area contributed by atoms with Crippen molar-refractivity contribution >= 4 is 63.4 Å². The Morgan fingerprint density at radius 1 is 0.922 bits per heavy atom. The van der Waals surface area contributed by atoms with Crippen molar-refractivity contribution in [1.82, 2.24) is 35.2 Å². The molecule has 0 unspecified atom stereocenters. The molecular formula is C48H58ClN11O4. The second kappa shape index (κ2) is 19.9. The second-order valence-electron chi connectivity index (χ2n) is 17.8. The number of hydrogen-bond donors (Lipinski definition) is 2. The Balaban J connectivity index is 0.763. The first-order valence-electron chi connectivity index (χ1n) is 22.8. The van der Waals surface area contributed by atoms with Gasteiger partial charge in [-0.25, -0.2) is 9.78 Å². The zero-order valence-corrected chi connectivity index (χ0v) is 37.9. The highest BCUT2D eigenvalue weighted by Crippen LogP contribution is 2.33. The number of rotatable bonds is 12. The molecule has 4 aromatic rings. The van der Waals surface area contributed by atoms with E-state index in [1.54, 1.807) is 18.2 Å². The van der Waals surface area contributed by atoms with Crippen LogP contribution in [-0.4, -0.2) is 119 Å². The van der Waals surface area contributed by atoms with E-state index in [1.165, 1.54) is 4.90 Å². The number of piperazine rings is 1. The van der Waals surface area contributed by atoms with Gasteiger partial charge in [0.1, 0.15) is 5.82 Å². The predicted molar refractivity (Wildman–Crippen MR) is 247 cm³/mol. The number of amides is 5. The van der Waals surface area contributed by atoms with Crippen LogP contribution in [0.25, 0.3) is 10.8 Å². The Hall–Kier alpha value is -5.85. The number of carbonyl (C=O) groups excluding carboxylic acids is 4. The van der Waals surface area contributed by atoms with E-state index in [4.69, 9.17) is 16.6 Å². The van der Waals surface area contributed by atoms with Crippen molar-refractivity contribution in [3.63, 3.8) is 0 Å². The number of benzene rings is 2. The highest BCUT2D eigenvalue weighted by molar-refractivity contribution is 6.34. The van der Waals surface area contributed by atoms with E-state index in [1.807, 2.05) is 35.1 Å². The molecule has 0 radical (unpaired) electrons. The van der Waals surface area contributed by atoms with Crippen molar-refractivity contribution in [2.75, 3.05) is 80.6 Å². The third-order valence-electron chi connectivity index (χ3n) is 13.8. The topological polar surface area (TPSA) is 171 Å². The summed E-state index contributed by atoms with van der Waals surface area (Å²) in [5.74, 6) is 2.06. The molecule has 16 heteroatoms. The standard InChI is InChI=1S/C48H58ClN11O4/c1-31-35(11-17-50)7-4-8-38(31)32(2)52-45-39-29-43(51-30-40(39)33(3)54-55-45)57-24-26-59(27-25-57)46(62)36-14-19-56(20-15-36)18-5-6-34-12-21-58(22-13-34)47(63)37-9-10-41(49)42(28-37)60-23-16-44(61)53-48(60)64/h4,7-10,28-30,32,34,36H,5-6,11-16,18-27H2,1-3H3,(H,52,55)(H,53,61,64)/t32-/m1/s1. The molecule has 4 saturated heterocycles. The lowest BCUT2D eigenvalue weighted by Gasteiger charge is -2.39. The van der Waals surface area contributed by atoms with E-state index in [0.29, 0.717) is 73.7 Å². The van der Waals surface area contributed by atoms with Crippen LogP contribution in [0.2, 0.25) is 5.02 Å². The van der Waals surface area contributed by atoms with Crippen LogP contribution in [0.3, 0.4) is 0 Å². The molecule has 64 heavy (non-hydrogen) atoms. The van der Waals surface area contributed by atoms with Crippen molar-refractivity contribution in [2.45, 2.75) is 78.2 Å². The minimum absolute atomic E-state index is 0.0558. The fraction of sp³-hybridized carbons (Fsp3) is 0.500. The number of aryl methyl sites for hydroxylation is 1. The fourth-order valence-corrected chi connectivity index (χ4v) is 10.1. The summed E-state index contributed by atoms with van der Waals surface area (Å²) in [7, 11) is 0. The maximum absolute atomic E-state index is 13.7. The molecule has 0 aliphatic carbocycles. The van der Waals surface area contributed by atoms with Gasteiger partial charge in [-0.1, -0.05) is 29.8 Å². The van der Waals surface area contributed by atoms with Gasteiger partial charge in [-0.3, -0.25) is 24.6 Å². The molecule has 2 aromatic carbocycles. The van der Waals surface area contributed by atoms with Crippen molar-refractivity contribution in [2.24, 2.45) is 11.8 Å². The Morgan fingerprint density at radius 3 is 2.42 bits per heavy atom. The Bertz CT molecular complexity index is 2430. The zero-order chi connectivity index (χ0) is 44.9. The van der Waals surface area contributed by atoms with Gasteiger partial charge in [0.2, 0.25) is 11.8 Å². The van der Waals surface area contributed by atoms with Gasteiger partial charge >= 0.3 is 6.03 Å². The zero-order valence-electron chi connectivity index (χ0n) is 37.1. The van der Waals surface area contributed by atoms with Crippen molar-refractivity contribution in [3.05, 3.63) is 81.6 Å². The number of likely N-dealkylation sites (tertiary alicyclic amines) is 2. The number of anilines is 3. The maximum Gasteiger partial charge on any atom is 0.328 e. The van der Waals surface area contributed by atoms with Gasteiger partial charge < -0.3 is 24.9 Å². The van der Waals surface area contributed by atoms with E-state index in [2.05, 4.69) is 62.7 Å². The van der Waals surface area contributed by atoms with E-state index >= 15 is 0 Å². The number of hydrogen-bond acceptors (Lipinski definition) is 11. The third kappa shape index (κ3) is 9.93. The van der Waals surface area contributed by atoms with Crippen molar-refractivity contribution in [3.8, 4) is 6.07 Å². The van der Waals surface area contributed by atoms with E-state index < -0.39 is 6.03 Å². The average Bonchev–Trinajstić information content (AvgIpc) is 3.31. The molecule has 4 aliphatic heterocycles. The molecule has 336 valence electrons. The lowest BCUT2D eigenvalue weighted by Crippen LogP contribution is -2.52. The average molecular weight is 889 g/mol. The summed E-state index contributed by atoms with van der Waals surface area (Å²) in [6, 6.07) is 14.9. The quantitative estimate of drug-likeness (QED) is 0.156. The third-order valence-corrected chi connectivity index (χ3v) is 14.1. The summed E-state index contributed by atoms with van der Waals surface area (Å²) in [5, 5.41) is 26.4. The van der Waals surface area contributed by atoms with Gasteiger partial charge in [-0.15, -0.1) is 5.10 Å². The summed E-state index contributed by atoms with van der Waals surface area (Å²) in [6.07, 6.45) is 8.33. The SMILES string of the molecule is Cc1c(CC#N)cccc1[C@@H](C)Nc1nnc(C)c2cnc(N3CCN(C(=O)C4CCN(CCCC5CCN(C(=O)c6ccc(Cl)c(N7CCC(=O)NC7=O)c6)CC5)CC4)CC3)cc12. The molecule has 15 nitrogen and oxygen atoms in total. The number of halogens is 1. The van der Waals surface area contributed by atoms with Crippen LogP contribution in [0.4, 0.5) is 22.1 Å². The smallest absolute Gasteiger partial charge is 0.328 e. The van der Waals surface area contributed by atoms with Gasteiger partial charge in [0, 0.05) is 80.7 Å². The van der Waals surface area contributed by atoms with E-state index in [9.17, 15) is 24.4 Å². The molecule has 1 atom stereocenters. The molecule has 0 spiro atoms. The van der Waals surface area contributed by atoms with Gasteiger partial charge in [-0.2, -0.15) is 10.4 Å². The Morgan fingerprint density at radius 2 is 1.69 bits per heavy atom. The number of carbonyl (C=O) groups is 4. The monoisotopic (exact) mass is 887 g/mol. The lowest BCUT2D eigenvalue weighted by molar-refractivity contribution is -0.137. The second-order valence-corrected chi connectivity index (χ2v) is 18.2. The van der Waals surface area contributed by atoms with Crippen molar-refractivity contribution < 1.29 is 19.2 Å². The van der Waals surface area contributed by atoms with Crippen LogP contribution in [0, 0.1) is 37.0 Å². The molecule has 0 bridgehead atoms. The first-order valence-corrected chi connectivity index (χ1v) is 23.2. The van der Waals surface area contributed by atoms with Crippen molar-refractivity contribution in [1.29, 1.82) is 5.26 Å². The molecule has 8 rings (SSSR count). The molecule has 6 heterocycles. The first kappa shape index (κ1) is 44.7. The minimum Gasteiger partial charge on any atom is -0.362 e. The molecular weight excluding hydrogens is 830 g/mol. The summed E-state index contributed by atoms with van der Waals surface area (Å²) in [4.78, 5) is 66.2. The molecule has 2 N–H and O–H groups in total. The van der Waals surface area contributed by atoms with E-state index in [-0.39, 0.29) is 42.6 Å². The Kier molecular flexibility index (Phi) is 13.9. The van der Waals surface area contributed by atoms with E-state index in [0.717, 1.165) is 97.1 Å². The number of imide groups is 1. The van der Waals surface area contributed by atoms with Crippen LogP contribution in [-0.2, 0) is 16.0 Å². The number of piperidine rings is 2. The van der Waals surface area contributed by atoms with Crippen LogP contribution < -0.4 is 20.4 Å². The summed E-state index contributed by atoms with van der Waals surface area (Å²) >= 11 is 6.41. The van der Waals surface area contributed by atoms with Gasteiger partial charge in [0.15, 0.2) is 5.82 Å². The normalized spacial score (nSPS) is 18.5. The van der Waals surface area contributed by atoms with Gasteiger partial charge in [-0.05, 0) is 126 Å². The molecule has 4 aliphatic rings. The predicted octanol–water partition coefficient (Wildman–Crippen LogP) is 6.67. The van der Waals surface area contributed by atoms with Crippen LogP contribution in [0.5, 0.6) is 0 Å². The highest BCUT2D eigenvalue weighted by Gasteiger charge is 2.32. The van der Waals surface area contributed by atoms with Crippen LogP contribution in [0.15, 0.2) is 48.7 Å². The van der Waals surface area contributed by atoms with Gasteiger partial charge in [0.05, 0.1) is 34.9 Å². The van der Waals surface area contributed by atoms with Gasteiger partial charge in [0.25, 0.3) is 5.91 Å². The Labute approximate surface area is 380 Å². The molecule has 2 aromatic heterocycles. The molecule has 5 amide bonds. The number of urea groups is 1. The fourth-order valence-electron chi connectivity index (χ4n) is 9.85. The number of nitriles is 1. The maximum atomic E-state index is 13.7. The number of aromatic nitrogens is 3. The minimum atomic E-state index is -0.530. The summed E-state index contributed by atoms with van der Waals surface area (Å²) in [5.41, 5.74) is 4.98. The highest BCUT2D eigenvalue weighted by atomic mass is 35.5.